The Morgan fingerprint density at radius 1 is 1.25 bits per heavy atom. The molecule has 0 spiro atoms. The van der Waals surface area contributed by atoms with Gasteiger partial charge in [-0.2, -0.15) is 0 Å². The third-order valence-electron chi connectivity index (χ3n) is 5.40. The van der Waals surface area contributed by atoms with Crippen LogP contribution in [-0.4, -0.2) is 47.7 Å². The van der Waals surface area contributed by atoms with Gasteiger partial charge < -0.3 is 14.7 Å². The zero-order valence-corrected chi connectivity index (χ0v) is 13.9. The fourth-order valence-electron chi connectivity index (χ4n) is 3.63. The Bertz CT molecular complexity index is 576. The van der Waals surface area contributed by atoms with E-state index in [4.69, 9.17) is 4.74 Å². The first kappa shape index (κ1) is 17.0. The number of carbonyl (C=O) groups is 2. The summed E-state index contributed by atoms with van der Waals surface area (Å²) in [6.07, 6.45) is 3.86. The Balaban J connectivity index is 1.67. The van der Waals surface area contributed by atoms with Crippen molar-refractivity contribution in [2.24, 2.45) is 5.41 Å². The van der Waals surface area contributed by atoms with Gasteiger partial charge in [-0.3, -0.25) is 9.59 Å². The molecule has 24 heavy (non-hydrogen) atoms. The highest BCUT2D eigenvalue weighted by molar-refractivity contribution is 5.86. The van der Waals surface area contributed by atoms with Gasteiger partial charge in [-0.1, -0.05) is 36.8 Å². The van der Waals surface area contributed by atoms with Crippen LogP contribution < -0.4 is 0 Å². The fraction of sp³-hybridized carbons (Fsp3) is 0.579. The van der Waals surface area contributed by atoms with E-state index in [0.717, 1.165) is 19.3 Å². The first-order valence-corrected chi connectivity index (χ1v) is 8.75. The van der Waals surface area contributed by atoms with E-state index in [2.05, 4.69) is 12.1 Å². The number of hydrogen-bond acceptors (Lipinski definition) is 3. The molecule has 0 aromatic heterocycles. The second kappa shape index (κ2) is 7.34. The lowest BCUT2D eigenvalue weighted by Gasteiger charge is -2.39. The van der Waals surface area contributed by atoms with Gasteiger partial charge in [0.15, 0.2) is 0 Å². The third-order valence-corrected chi connectivity index (χ3v) is 5.40. The summed E-state index contributed by atoms with van der Waals surface area (Å²) in [5.74, 6) is -0.865. The predicted octanol–water partition coefficient (Wildman–Crippen LogP) is 2.49. The maximum absolute atomic E-state index is 12.9. The number of carbonyl (C=O) groups excluding carboxylic acids is 1. The molecule has 3 rings (SSSR count). The number of nitrogens with zero attached hydrogens (tertiary/aromatic N) is 1. The Hall–Kier alpha value is -1.88. The molecule has 1 atom stereocenters. The molecule has 1 aliphatic heterocycles. The largest absolute Gasteiger partial charge is 0.481 e. The summed E-state index contributed by atoms with van der Waals surface area (Å²) in [6, 6.07) is 10.1. The molecule has 1 amide bonds. The standard InChI is InChI=1S/C19H25NO4/c21-17(13-19(18(22)23)9-4-10-19)20(16-8-12-24-14-16)11-7-15-5-2-1-3-6-15/h1-3,5-6,16H,4,7-14H2,(H,22,23). The van der Waals surface area contributed by atoms with E-state index in [9.17, 15) is 14.7 Å². The monoisotopic (exact) mass is 331 g/mol. The smallest absolute Gasteiger partial charge is 0.310 e. The molecule has 0 bridgehead atoms. The van der Waals surface area contributed by atoms with Gasteiger partial charge in [-0.25, -0.2) is 0 Å². The van der Waals surface area contributed by atoms with E-state index in [-0.39, 0.29) is 18.4 Å². The number of ether oxygens (including phenoxy) is 1. The molecule has 1 unspecified atom stereocenters. The Labute approximate surface area is 142 Å². The van der Waals surface area contributed by atoms with Gasteiger partial charge in [0.05, 0.1) is 18.1 Å². The van der Waals surface area contributed by atoms with Crippen LogP contribution in [0.25, 0.3) is 0 Å². The minimum absolute atomic E-state index is 0.0384. The van der Waals surface area contributed by atoms with Crippen LogP contribution in [-0.2, 0) is 20.7 Å². The number of benzene rings is 1. The number of amides is 1. The second-order valence-corrected chi connectivity index (χ2v) is 6.96. The molecule has 1 heterocycles. The number of aliphatic carboxylic acids is 1. The maximum Gasteiger partial charge on any atom is 0.310 e. The molecule has 1 aromatic carbocycles. The summed E-state index contributed by atoms with van der Waals surface area (Å²) in [5.41, 5.74) is 0.354. The van der Waals surface area contributed by atoms with Crippen molar-refractivity contribution in [1.82, 2.24) is 4.90 Å². The van der Waals surface area contributed by atoms with Crippen molar-refractivity contribution in [3.63, 3.8) is 0 Å². The Kier molecular flexibility index (Phi) is 5.19. The van der Waals surface area contributed by atoms with Gasteiger partial charge in [0, 0.05) is 19.6 Å². The third kappa shape index (κ3) is 3.61. The van der Waals surface area contributed by atoms with Crippen LogP contribution in [0.4, 0.5) is 0 Å². The molecule has 0 radical (unpaired) electrons. The summed E-state index contributed by atoms with van der Waals surface area (Å²) in [4.78, 5) is 26.3. The van der Waals surface area contributed by atoms with Crippen molar-refractivity contribution in [2.75, 3.05) is 19.8 Å². The molecular weight excluding hydrogens is 306 g/mol. The summed E-state index contributed by atoms with van der Waals surface area (Å²) in [6.45, 7) is 1.84. The quantitative estimate of drug-likeness (QED) is 0.833. The first-order chi connectivity index (χ1) is 11.6. The molecule has 2 fully saturated rings. The lowest BCUT2D eigenvalue weighted by atomic mass is 9.66. The van der Waals surface area contributed by atoms with Crippen LogP contribution in [0.2, 0.25) is 0 Å². The van der Waals surface area contributed by atoms with Gasteiger partial charge in [0.2, 0.25) is 5.91 Å². The molecule has 1 aliphatic carbocycles. The summed E-state index contributed by atoms with van der Waals surface area (Å²) in [5, 5.41) is 9.49. The predicted molar refractivity (Wildman–Crippen MR) is 89.6 cm³/mol. The van der Waals surface area contributed by atoms with Crippen LogP contribution in [0.1, 0.15) is 37.7 Å². The normalized spacial score (nSPS) is 21.9. The topological polar surface area (TPSA) is 66.8 Å². The van der Waals surface area contributed by atoms with Crippen molar-refractivity contribution >= 4 is 11.9 Å². The molecule has 5 nitrogen and oxygen atoms in total. The highest BCUT2D eigenvalue weighted by Crippen LogP contribution is 2.44. The number of hydrogen-bond donors (Lipinski definition) is 1. The highest BCUT2D eigenvalue weighted by atomic mass is 16.5. The highest BCUT2D eigenvalue weighted by Gasteiger charge is 2.47. The van der Waals surface area contributed by atoms with E-state index in [0.29, 0.717) is 32.6 Å². The second-order valence-electron chi connectivity index (χ2n) is 6.96. The van der Waals surface area contributed by atoms with Crippen molar-refractivity contribution in [1.29, 1.82) is 0 Å². The molecule has 2 aliphatic rings. The van der Waals surface area contributed by atoms with Crippen LogP contribution in [0.5, 0.6) is 0 Å². The minimum Gasteiger partial charge on any atom is -0.481 e. The lowest BCUT2D eigenvalue weighted by Crippen LogP contribution is -2.47. The van der Waals surface area contributed by atoms with Crippen molar-refractivity contribution in [2.45, 2.75) is 44.6 Å². The number of carboxylic acids is 1. The number of rotatable bonds is 7. The van der Waals surface area contributed by atoms with Gasteiger partial charge in [0.1, 0.15) is 0 Å². The van der Waals surface area contributed by atoms with E-state index in [1.807, 2.05) is 23.1 Å². The van der Waals surface area contributed by atoms with E-state index < -0.39 is 11.4 Å². The van der Waals surface area contributed by atoms with Gasteiger partial charge in [-0.05, 0) is 31.2 Å². The Morgan fingerprint density at radius 2 is 2.00 bits per heavy atom. The van der Waals surface area contributed by atoms with E-state index in [1.54, 1.807) is 0 Å². The van der Waals surface area contributed by atoms with Gasteiger partial charge in [-0.15, -0.1) is 0 Å². The fourth-order valence-corrected chi connectivity index (χ4v) is 3.63. The van der Waals surface area contributed by atoms with E-state index >= 15 is 0 Å². The minimum atomic E-state index is -0.832. The van der Waals surface area contributed by atoms with Crippen molar-refractivity contribution in [3.8, 4) is 0 Å². The van der Waals surface area contributed by atoms with Crippen molar-refractivity contribution < 1.29 is 19.4 Å². The van der Waals surface area contributed by atoms with Crippen LogP contribution in [0, 0.1) is 5.41 Å². The van der Waals surface area contributed by atoms with Crippen LogP contribution >= 0.6 is 0 Å². The maximum atomic E-state index is 12.9. The summed E-state index contributed by atoms with van der Waals surface area (Å²) >= 11 is 0. The molecule has 1 saturated heterocycles. The van der Waals surface area contributed by atoms with Crippen molar-refractivity contribution in [3.05, 3.63) is 35.9 Å². The molecular formula is C19H25NO4. The zero-order valence-electron chi connectivity index (χ0n) is 13.9. The number of carboxylic acid groups (broad SMARTS) is 1. The average Bonchev–Trinajstić information content (AvgIpc) is 3.06. The Morgan fingerprint density at radius 3 is 2.54 bits per heavy atom. The molecule has 1 N–H and O–H groups in total. The van der Waals surface area contributed by atoms with Gasteiger partial charge >= 0.3 is 5.97 Å². The average molecular weight is 331 g/mol. The van der Waals surface area contributed by atoms with Gasteiger partial charge in [0.25, 0.3) is 0 Å². The van der Waals surface area contributed by atoms with Crippen LogP contribution in [0.15, 0.2) is 30.3 Å². The molecule has 1 aromatic rings. The van der Waals surface area contributed by atoms with Crippen LogP contribution in [0.3, 0.4) is 0 Å². The SMILES string of the molecule is O=C(CC1(C(=O)O)CCC1)N(CCc1ccccc1)C1CCOC1. The molecule has 1 saturated carbocycles. The lowest BCUT2D eigenvalue weighted by molar-refractivity contribution is -0.160. The zero-order chi connectivity index (χ0) is 17.0. The molecule has 130 valence electrons. The molecule has 5 heteroatoms. The summed E-state index contributed by atoms with van der Waals surface area (Å²) in [7, 11) is 0. The van der Waals surface area contributed by atoms with E-state index in [1.165, 1.54) is 5.56 Å². The summed E-state index contributed by atoms with van der Waals surface area (Å²) < 4.78 is 5.45. The first-order valence-electron chi connectivity index (χ1n) is 8.75.